The Morgan fingerprint density at radius 2 is 1.71 bits per heavy atom. The monoisotopic (exact) mass is 406 g/mol. The van der Waals surface area contributed by atoms with E-state index in [1.807, 2.05) is 0 Å². The van der Waals surface area contributed by atoms with Gasteiger partial charge in [0.05, 0.1) is 5.54 Å². The topological polar surface area (TPSA) is 47.6 Å². The van der Waals surface area contributed by atoms with Gasteiger partial charge in [0, 0.05) is 18.6 Å². The fourth-order valence-electron chi connectivity index (χ4n) is 5.47. The summed E-state index contributed by atoms with van der Waals surface area (Å²) in [6.07, 6.45) is 6.66. The van der Waals surface area contributed by atoms with E-state index in [2.05, 4.69) is 64.9 Å². The van der Waals surface area contributed by atoms with Gasteiger partial charge in [-0.1, -0.05) is 30.3 Å². The van der Waals surface area contributed by atoms with Crippen LogP contribution in [0.5, 0.6) is 0 Å². The van der Waals surface area contributed by atoms with Crippen LogP contribution in [0.1, 0.15) is 44.1 Å². The zero-order valence-corrected chi connectivity index (χ0v) is 18.1. The fraction of sp³-hybridized carbons (Fsp3) is 0.682. The van der Waals surface area contributed by atoms with Crippen LogP contribution in [0.15, 0.2) is 30.3 Å². The van der Waals surface area contributed by atoms with Crippen molar-refractivity contribution in [1.29, 1.82) is 0 Å². The lowest BCUT2D eigenvalue weighted by Gasteiger charge is -2.48. The maximum atomic E-state index is 12.7. The minimum absolute atomic E-state index is 0. The van der Waals surface area contributed by atoms with Gasteiger partial charge in [-0.25, -0.2) is 4.79 Å². The van der Waals surface area contributed by atoms with Gasteiger partial charge < -0.3 is 15.5 Å². The maximum Gasteiger partial charge on any atom is 0.317 e. The first-order chi connectivity index (χ1) is 13.0. The highest BCUT2D eigenvalue weighted by atomic mass is 35.5. The van der Waals surface area contributed by atoms with E-state index in [1.165, 1.54) is 18.4 Å². The molecule has 0 unspecified atom stereocenters. The van der Waals surface area contributed by atoms with Crippen LogP contribution in [0.25, 0.3) is 0 Å². The van der Waals surface area contributed by atoms with Crippen molar-refractivity contribution in [2.75, 3.05) is 40.3 Å². The molecule has 28 heavy (non-hydrogen) atoms. The standard InChI is InChI=1S/C22H34N4O.ClH/c1-25(2)22(19-6-4-3-5-7-19)12-10-21(11-13-22)17-26(20(27)24-21)16-18-8-14-23-15-9-18;/h3-7,18,23H,8-17H2,1-2H3,(H,24,27);1H. The van der Waals surface area contributed by atoms with Crippen molar-refractivity contribution in [2.24, 2.45) is 5.92 Å². The molecule has 0 atom stereocenters. The Morgan fingerprint density at radius 3 is 2.32 bits per heavy atom. The molecular formula is C22H35ClN4O. The first-order valence-electron chi connectivity index (χ1n) is 10.5. The lowest BCUT2D eigenvalue weighted by molar-refractivity contribution is 0.0613. The van der Waals surface area contributed by atoms with Crippen LogP contribution >= 0.6 is 12.4 Å². The van der Waals surface area contributed by atoms with Gasteiger partial charge in [0.2, 0.25) is 0 Å². The number of halogens is 1. The first-order valence-corrected chi connectivity index (χ1v) is 10.5. The van der Waals surface area contributed by atoms with Crippen LogP contribution in [0.4, 0.5) is 4.79 Å². The van der Waals surface area contributed by atoms with Crippen LogP contribution < -0.4 is 10.6 Å². The summed E-state index contributed by atoms with van der Waals surface area (Å²) >= 11 is 0. The second kappa shape index (κ2) is 8.60. The van der Waals surface area contributed by atoms with Crippen molar-refractivity contribution in [2.45, 2.75) is 49.6 Å². The number of benzene rings is 1. The fourth-order valence-corrected chi connectivity index (χ4v) is 5.47. The number of piperidine rings is 1. The molecular weight excluding hydrogens is 372 g/mol. The van der Waals surface area contributed by atoms with E-state index in [0.29, 0.717) is 5.92 Å². The molecule has 1 aromatic rings. The van der Waals surface area contributed by atoms with Gasteiger partial charge in [-0.05, 0) is 77.2 Å². The van der Waals surface area contributed by atoms with Gasteiger partial charge in [-0.3, -0.25) is 4.90 Å². The number of hydrogen-bond donors (Lipinski definition) is 2. The van der Waals surface area contributed by atoms with Crippen molar-refractivity contribution in [1.82, 2.24) is 20.4 Å². The largest absolute Gasteiger partial charge is 0.331 e. The predicted molar refractivity (Wildman–Crippen MR) is 116 cm³/mol. The zero-order valence-electron chi connectivity index (χ0n) is 17.2. The summed E-state index contributed by atoms with van der Waals surface area (Å²) in [4.78, 5) is 17.2. The third kappa shape index (κ3) is 4.03. The summed E-state index contributed by atoms with van der Waals surface area (Å²) in [6, 6.07) is 11.0. The molecule has 0 aromatic heterocycles. The van der Waals surface area contributed by atoms with E-state index in [0.717, 1.165) is 51.9 Å². The molecule has 2 N–H and O–H groups in total. The van der Waals surface area contributed by atoms with E-state index < -0.39 is 0 Å². The Balaban J connectivity index is 0.00000225. The number of nitrogens with one attached hydrogen (secondary N) is 2. The summed E-state index contributed by atoms with van der Waals surface area (Å²) in [5, 5.41) is 6.81. The molecule has 0 radical (unpaired) electrons. The lowest BCUT2D eigenvalue weighted by atomic mass is 9.69. The van der Waals surface area contributed by atoms with Crippen LogP contribution in [-0.2, 0) is 5.54 Å². The van der Waals surface area contributed by atoms with E-state index in [1.54, 1.807) is 0 Å². The van der Waals surface area contributed by atoms with Crippen LogP contribution in [-0.4, -0.2) is 61.6 Å². The van der Waals surface area contributed by atoms with Crippen molar-refractivity contribution in [3.63, 3.8) is 0 Å². The minimum atomic E-state index is -0.0295. The number of hydrogen-bond acceptors (Lipinski definition) is 3. The Labute approximate surface area is 175 Å². The van der Waals surface area contributed by atoms with Gasteiger partial charge in [0.1, 0.15) is 0 Å². The molecule has 3 fully saturated rings. The lowest BCUT2D eigenvalue weighted by Crippen LogP contribution is -2.54. The highest BCUT2D eigenvalue weighted by Gasteiger charge is 2.50. The smallest absolute Gasteiger partial charge is 0.317 e. The third-order valence-corrected chi connectivity index (χ3v) is 7.29. The summed E-state index contributed by atoms with van der Waals surface area (Å²) in [7, 11) is 4.39. The Morgan fingerprint density at radius 1 is 1.07 bits per heavy atom. The number of rotatable bonds is 4. The highest BCUT2D eigenvalue weighted by Crippen LogP contribution is 2.46. The van der Waals surface area contributed by atoms with Crippen LogP contribution in [0, 0.1) is 5.92 Å². The number of carbonyl (C=O) groups is 1. The summed E-state index contributed by atoms with van der Waals surface area (Å²) in [5.74, 6) is 0.654. The van der Waals surface area contributed by atoms with Crippen LogP contribution in [0.3, 0.4) is 0 Å². The molecule has 2 amide bonds. The second-order valence-electron chi connectivity index (χ2n) is 9.08. The molecule has 1 aromatic carbocycles. The number of carbonyl (C=O) groups excluding carboxylic acids is 1. The van der Waals surface area contributed by atoms with E-state index in [-0.39, 0.29) is 29.5 Å². The third-order valence-electron chi connectivity index (χ3n) is 7.29. The minimum Gasteiger partial charge on any atom is -0.331 e. The molecule has 156 valence electrons. The summed E-state index contributed by atoms with van der Waals surface area (Å²) < 4.78 is 0. The first kappa shape index (κ1) is 21.4. The maximum absolute atomic E-state index is 12.7. The van der Waals surface area contributed by atoms with Gasteiger partial charge in [-0.2, -0.15) is 0 Å². The zero-order chi connectivity index (χ0) is 18.9. The van der Waals surface area contributed by atoms with Crippen molar-refractivity contribution in [3.05, 3.63) is 35.9 Å². The molecule has 1 aliphatic carbocycles. The van der Waals surface area contributed by atoms with Gasteiger partial charge in [0.25, 0.3) is 0 Å². The Bertz CT molecular complexity index is 652. The SMILES string of the molecule is CN(C)C1(c2ccccc2)CCC2(CC1)CN(CC1CCNCC1)C(=O)N2.Cl. The summed E-state index contributed by atoms with van der Waals surface area (Å²) in [5.41, 5.74) is 1.46. The van der Waals surface area contributed by atoms with E-state index in [9.17, 15) is 4.79 Å². The highest BCUT2D eigenvalue weighted by molar-refractivity contribution is 5.85. The van der Waals surface area contributed by atoms with Crippen molar-refractivity contribution >= 4 is 18.4 Å². The van der Waals surface area contributed by atoms with Gasteiger partial charge in [0.15, 0.2) is 0 Å². The Kier molecular flexibility index (Phi) is 6.58. The number of urea groups is 1. The molecule has 1 spiro atoms. The average molecular weight is 407 g/mol. The van der Waals surface area contributed by atoms with E-state index in [4.69, 9.17) is 0 Å². The van der Waals surface area contributed by atoms with Crippen molar-refractivity contribution < 1.29 is 4.79 Å². The van der Waals surface area contributed by atoms with Gasteiger partial charge >= 0.3 is 6.03 Å². The predicted octanol–water partition coefficient (Wildman–Crippen LogP) is 3.20. The Hall–Kier alpha value is -1.30. The molecule has 4 rings (SSSR count). The normalized spacial score (nSPS) is 31.1. The molecule has 6 heteroatoms. The molecule has 2 heterocycles. The average Bonchev–Trinajstić information content (AvgIpc) is 2.99. The van der Waals surface area contributed by atoms with Gasteiger partial charge in [-0.15, -0.1) is 12.4 Å². The molecule has 2 saturated heterocycles. The molecule has 5 nitrogen and oxygen atoms in total. The molecule has 0 bridgehead atoms. The number of amides is 2. The van der Waals surface area contributed by atoms with Crippen molar-refractivity contribution in [3.8, 4) is 0 Å². The molecule has 1 saturated carbocycles. The quantitative estimate of drug-likeness (QED) is 0.807. The summed E-state index contributed by atoms with van der Waals surface area (Å²) in [6.45, 7) is 3.99. The number of nitrogens with zero attached hydrogens (tertiary/aromatic N) is 2. The second-order valence-corrected chi connectivity index (χ2v) is 9.08. The van der Waals surface area contributed by atoms with E-state index >= 15 is 0 Å². The molecule has 3 aliphatic rings. The molecule has 2 aliphatic heterocycles. The van der Waals surface area contributed by atoms with Crippen LogP contribution in [0.2, 0.25) is 0 Å².